The zero-order valence-electron chi connectivity index (χ0n) is 19.5. The quantitative estimate of drug-likeness (QED) is 0.527. The van der Waals surface area contributed by atoms with E-state index in [0.29, 0.717) is 28.2 Å². The van der Waals surface area contributed by atoms with Gasteiger partial charge < -0.3 is 14.6 Å². The Kier molecular flexibility index (Phi) is 8.48. The van der Waals surface area contributed by atoms with Crippen molar-refractivity contribution in [3.63, 3.8) is 0 Å². The predicted molar refractivity (Wildman–Crippen MR) is 131 cm³/mol. The van der Waals surface area contributed by atoms with Gasteiger partial charge in [-0.1, -0.05) is 57.0 Å². The molecule has 176 valence electrons. The SMILES string of the molecule is CCCc1nc(C(C)(C)C)c(C(=O)NCCCN2CCN(c3cccc(Cl)c3Cl)CC2)o1. The minimum absolute atomic E-state index is 0.176. The maximum Gasteiger partial charge on any atom is 0.289 e. The molecule has 0 radical (unpaired) electrons. The molecule has 1 aliphatic heterocycles. The predicted octanol–water partition coefficient (Wildman–Crippen LogP) is 5.17. The maximum atomic E-state index is 12.8. The van der Waals surface area contributed by atoms with Gasteiger partial charge in [-0.2, -0.15) is 0 Å². The van der Waals surface area contributed by atoms with Crippen LogP contribution < -0.4 is 10.2 Å². The Balaban J connectivity index is 1.45. The lowest BCUT2D eigenvalue weighted by Gasteiger charge is -2.36. The van der Waals surface area contributed by atoms with Gasteiger partial charge in [-0.25, -0.2) is 4.98 Å². The number of halogens is 2. The molecule has 8 heteroatoms. The van der Waals surface area contributed by atoms with E-state index in [1.165, 1.54) is 0 Å². The molecule has 3 rings (SSSR count). The summed E-state index contributed by atoms with van der Waals surface area (Å²) in [7, 11) is 0. The van der Waals surface area contributed by atoms with Crippen molar-refractivity contribution < 1.29 is 9.21 Å². The lowest BCUT2D eigenvalue weighted by Crippen LogP contribution is -2.47. The van der Waals surface area contributed by atoms with Crippen LogP contribution in [0.15, 0.2) is 22.6 Å². The zero-order valence-corrected chi connectivity index (χ0v) is 21.0. The van der Waals surface area contributed by atoms with Crippen molar-refractivity contribution in [2.75, 3.05) is 44.2 Å². The molecule has 0 saturated carbocycles. The van der Waals surface area contributed by atoms with E-state index in [2.05, 4.69) is 27.0 Å². The molecular formula is C24H34Cl2N4O2. The van der Waals surface area contributed by atoms with Crippen LogP contribution in [-0.4, -0.2) is 55.1 Å². The third-order valence-corrected chi connectivity index (χ3v) is 6.44. The van der Waals surface area contributed by atoms with Crippen molar-refractivity contribution in [1.29, 1.82) is 0 Å². The summed E-state index contributed by atoms with van der Waals surface area (Å²) in [5, 5.41) is 4.22. The number of anilines is 1. The summed E-state index contributed by atoms with van der Waals surface area (Å²) in [4.78, 5) is 22.0. The van der Waals surface area contributed by atoms with Gasteiger partial charge >= 0.3 is 0 Å². The van der Waals surface area contributed by atoms with Crippen LogP contribution in [0.25, 0.3) is 0 Å². The van der Waals surface area contributed by atoms with Crippen LogP contribution in [0.4, 0.5) is 5.69 Å². The molecule has 1 aromatic carbocycles. The number of benzene rings is 1. The first kappa shape index (κ1) is 24.9. The average molecular weight is 481 g/mol. The Bertz CT molecular complexity index is 915. The molecule has 0 spiro atoms. The molecule has 0 atom stereocenters. The van der Waals surface area contributed by atoms with E-state index in [1.807, 2.05) is 39.0 Å². The van der Waals surface area contributed by atoms with Gasteiger partial charge in [0.1, 0.15) is 0 Å². The maximum absolute atomic E-state index is 12.8. The summed E-state index contributed by atoms with van der Waals surface area (Å²) >= 11 is 12.5. The number of aryl methyl sites for hydroxylation is 1. The smallest absolute Gasteiger partial charge is 0.289 e. The normalized spacial score (nSPS) is 15.2. The van der Waals surface area contributed by atoms with E-state index >= 15 is 0 Å². The molecule has 6 nitrogen and oxygen atoms in total. The number of amides is 1. The molecule has 1 saturated heterocycles. The van der Waals surface area contributed by atoms with E-state index in [1.54, 1.807) is 0 Å². The molecule has 1 aliphatic rings. The number of aromatic nitrogens is 1. The molecule has 1 amide bonds. The van der Waals surface area contributed by atoms with Crippen molar-refractivity contribution in [3.05, 3.63) is 45.6 Å². The molecule has 1 N–H and O–H groups in total. The first-order chi connectivity index (χ1) is 15.2. The van der Waals surface area contributed by atoms with Gasteiger partial charge in [0.25, 0.3) is 5.91 Å². The Morgan fingerprint density at radius 1 is 1.19 bits per heavy atom. The fourth-order valence-corrected chi connectivity index (χ4v) is 4.30. The van der Waals surface area contributed by atoms with Crippen LogP contribution in [0.3, 0.4) is 0 Å². The van der Waals surface area contributed by atoms with E-state index in [0.717, 1.165) is 63.4 Å². The van der Waals surface area contributed by atoms with Crippen LogP contribution in [-0.2, 0) is 11.8 Å². The highest BCUT2D eigenvalue weighted by Gasteiger charge is 2.28. The summed E-state index contributed by atoms with van der Waals surface area (Å²) in [5.74, 6) is 0.818. The number of carbonyl (C=O) groups is 1. The van der Waals surface area contributed by atoms with Gasteiger partial charge in [0.2, 0.25) is 5.76 Å². The Hall–Kier alpha value is -1.76. The summed E-state index contributed by atoms with van der Waals surface area (Å²) in [5.41, 5.74) is 1.48. The molecule has 0 bridgehead atoms. The fourth-order valence-electron chi connectivity index (χ4n) is 3.88. The van der Waals surface area contributed by atoms with Crippen LogP contribution in [0.2, 0.25) is 10.0 Å². The summed E-state index contributed by atoms with van der Waals surface area (Å²) in [6.07, 6.45) is 2.55. The van der Waals surface area contributed by atoms with Crippen molar-refractivity contribution in [1.82, 2.24) is 15.2 Å². The molecular weight excluding hydrogens is 447 g/mol. The second kappa shape index (κ2) is 10.9. The number of carbonyl (C=O) groups excluding carboxylic acids is 1. The highest BCUT2D eigenvalue weighted by molar-refractivity contribution is 6.43. The Morgan fingerprint density at radius 3 is 2.56 bits per heavy atom. The topological polar surface area (TPSA) is 61.6 Å². The first-order valence-corrected chi connectivity index (χ1v) is 12.2. The Morgan fingerprint density at radius 2 is 1.91 bits per heavy atom. The fraction of sp³-hybridized carbons (Fsp3) is 0.583. The number of nitrogens with zero attached hydrogens (tertiary/aromatic N) is 3. The van der Waals surface area contributed by atoms with Crippen LogP contribution >= 0.6 is 23.2 Å². The van der Waals surface area contributed by atoms with Crippen molar-refractivity contribution >= 4 is 34.8 Å². The number of piperazine rings is 1. The highest BCUT2D eigenvalue weighted by Crippen LogP contribution is 2.33. The monoisotopic (exact) mass is 480 g/mol. The summed E-state index contributed by atoms with van der Waals surface area (Å²) in [6.45, 7) is 13.5. The molecule has 1 aromatic heterocycles. The van der Waals surface area contributed by atoms with Gasteiger partial charge in [0.15, 0.2) is 5.89 Å². The van der Waals surface area contributed by atoms with E-state index in [-0.39, 0.29) is 11.3 Å². The third-order valence-electron chi connectivity index (χ3n) is 5.63. The zero-order chi connectivity index (χ0) is 23.3. The van der Waals surface area contributed by atoms with E-state index in [4.69, 9.17) is 27.6 Å². The first-order valence-electron chi connectivity index (χ1n) is 11.4. The second-order valence-corrected chi connectivity index (χ2v) is 10.1. The Labute approximate surface area is 201 Å². The van der Waals surface area contributed by atoms with E-state index < -0.39 is 0 Å². The third kappa shape index (κ3) is 6.18. The lowest BCUT2D eigenvalue weighted by molar-refractivity contribution is 0.0919. The average Bonchev–Trinajstić information content (AvgIpc) is 3.19. The van der Waals surface area contributed by atoms with Crippen molar-refractivity contribution in [2.24, 2.45) is 0 Å². The van der Waals surface area contributed by atoms with Gasteiger partial charge in [-0.3, -0.25) is 9.69 Å². The van der Waals surface area contributed by atoms with Crippen LogP contribution in [0.1, 0.15) is 62.7 Å². The molecule has 2 heterocycles. The number of oxazole rings is 1. The largest absolute Gasteiger partial charge is 0.435 e. The number of nitrogens with one attached hydrogen (secondary N) is 1. The lowest BCUT2D eigenvalue weighted by atomic mass is 9.91. The minimum Gasteiger partial charge on any atom is -0.435 e. The van der Waals surface area contributed by atoms with Gasteiger partial charge in [-0.15, -0.1) is 0 Å². The van der Waals surface area contributed by atoms with Crippen LogP contribution in [0, 0.1) is 0 Å². The van der Waals surface area contributed by atoms with Gasteiger partial charge in [-0.05, 0) is 31.5 Å². The van der Waals surface area contributed by atoms with Crippen molar-refractivity contribution in [3.8, 4) is 0 Å². The van der Waals surface area contributed by atoms with Crippen LogP contribution in [0.5, 0.6) is 0 Å². The number of hydrogen-bond donors (Lipinski definition) is 1. The molecule has 1 fully saturated rings. The molecule has 32 heavy (non-hydrogen) atoms. The van der Waals surface area contributed by atoms with Gasteiger partial charge in [0.05, 0.1) is 21.4 Å². The summed E-state index contributed by atoms with van der Waals surface area (Å²) in [6, 6.07) is 5.76. The highest BCUT2D eigenvalue weighted by atomic mass is 35.5. The molecule has 0 unspecified atom stereocenters. The van der Waals surface area contributed by atoms with Crippen molar-refractivity contribution in [2.45, 2.75) is 52.4 Å². The second-order valence-electron chi connectivity index (χ2n) is 9.30. The number of hydrogen-bond acceptors (Lipinski definition) is 5. The number of rotatable bonds is 8. The molecule has 0 aliphatic carbocycles. The summed E-state index contributed by atoms with van der Waals surface area (Å²) < 4.78 is 5.80. The molecule has 2 aromatic rings. The minimum atomic E-state index is -0.242. The standard InChI is InChI=1S/C24H34Cl2N4O2/c1-5-8-19-28-22(24(2,3)4)21(32-19)23(31)27-11-7-12-29-13-15-30(16-14-29)18-10-6-9-17(25)20(18)26/h6,9-10H,5,7-8,11-16H2,1-4H3,(H,27,31). The van der Waals surface area contributed by atoms with E-state index in [9.17, 15) is 4.79 Å². The van der Waals surface area contributed by atoms with Gasteiger partial charge in [0, 0.05) is 44.6 Å².